The van der Waals surface area contributed by atoms with Crippen LogP contribution in [0.4, 0.5) is 0 Å². The highest BCUT2D eigenvalue weighted by Crippen LogP contribution is 2.15. The maximum Gasteiger partial charge on any atom is 0.253 e. The van der Waals surface area contributed by atoms with E-state index in [0.717, 1.165) is 5.56 Å². The molecular formula is C22H26ClN3O2. The molecule has 0 radical (unpaired) electrons. The van der Waals surface area contributed by atoms with Gasteiger partial charge in [0.2, 0.25) is 5.91 Å². The number of piperazine rings is 1. The Hall–Kier alpha value is -2.37. The Morgan fingerprint density at radius 1 is 1.00 bits per heavy atom. The molecule has 5 nitrogen and oxygen atoms in total. The Balaban J connectivity index is 1.52. The summed E-state index contributed by atoms with van der Waals surface area (Å²) in [6, 6.07) is 16.7. The van der Waals surface area contributed by atoms with Crippen molar-refractivity contribution in [1.82, 2.24) is 14.7 Å². The van der Waals surface area contributed by atoms with Crippen LogP contribution < -0.4 is 0 Å². The second-order valence-electron chi connectivity index (χ2n) is 7.19. The lowest BCUT2D eigenvalue weighted by Crippen LogP contribution is -2.55. The van der Waals surface area contributed by atoms with Gasteiger partial charge in [-0.05, 0) is 36.8 Å². The molecule has 2 amide bonds. The molecule has 0 saturated carbocycles. The lowest BCUT2D eigenvalue weighted by Gasteiger charge is -2.38. The second kappa shape index (κ2) is 9.22. The molecule has 1 aliphatic heterocycles. The van der Waals surface area contributed by atoms with Crippen molar-refractivity contribution < 1.29 is 9.59 Å². The van der Waals surface area contributed by atoms with Gasteiger partial charge in [0, 0.05) is 50.4 Å². The standard InChI is InChI=1S/C22H26ClN3O2/c1-17(21(27)24(2)16-18-6-4-3-5-7-18)25-12-14-26(15-13-25)22(28)19-8-10-20(23)11-9-19/h3-11,17H,12-16H2,1-2H3. The fourth-order valence-electron chi connectivity index (χ4n) is 3.50. The van der Waals surface area contributed by atoms with E-state index < -0.39 is 0 Å². The third kappa shape index (κ3) is 4.91. The summed E-state index contributed by atoms with van der Waals surface area (Å²) in [5, 5.41) is 0.619. The van der Waals surface area contributed by atoms with E-state index in [0.29, 0.717) is 43.3 Å². The van der Waals surface area contributed by atoms with Gasteiger partial charge in [0.1, 0.15) is 0 Å². The first kappa shape index (κ1) is 20.4. The summed E-state index contributed by atoms with van der Waals surface area (Å²) >= 11 is 5.89. The molecule has 1 aliphatic rings. The number of carbonyl (C=O) groups excluding carboxylic acids is 2. The smallest absolute Gasteiger partial charge is 0.253 e. The van der Waals surface area contributed by atoms with Gasteiger partial charge in [0.05, 0.1) is 6.04 Å². The molecule has 2 aromatic carbocycles. The van der Waals surface area contributed by atoms with Crippen LogP contribution in [0.1, 0.15) is 22.8 Å². The zero-order valence-electron chi connectivity index (χ0n) is 16.3. The molecule has 3 rings (SSSR count). The van der Waals surface area contributed by atoms with Crippen LogP contribution >= 0.6 is 11.6 Å². The summed E-state index contributed by atoms with van der Waals surface area (Å²) in [4.78, 5) is 31.2. The Bertz CT molecular complexity index is 802. The monoisotopic (exact) mass is 399 g/mol. The van der Waals surface area contributed by atoms with E-state index >= 15 is 0 Å². The number of rotatable bonds is 5. The number of halogens is 1. The van der Waals surface area contributed by atoms with Crippen molar-refractivity contribution in [1.29, 1.82) is 0 Å². The van der Waals surface area contributed by atoms with Crippen LogP contribution in [0.5, 0.6) is 0 Å². The van der Waals surface area contributed by atoms with Crippen LogP contribution in [0.3, 0.4) is 0 Å². The summed E-state index contributed by atoms with van der Waals surface area (Å²) in [5.41, 5.74) is 1.76. The van der Waals surface area contributed by atoms with Gasteiger partial charge in [-0.2, -0.15) is 0 Å². The molecule has 1 unspecified atom stereocenters. The average molecular weight is 400 g/mol. The largest absolute Gasteiger partial charge is 0.340 e. The van der Waals surface area contributed by atoms with Crippen LogP contribution in [-0.4, -0.2) is 65.8 Å². The van der Waals surface area contributed by atoms with E-state index in [1.54, 1.807) is 29.2 Å². The first-order valence-electron chi connectivity index (χ1n) is 9.53. The van der Waals surface area contributed by atoms with Gasteiger partial charge in [-0.3, -0.25) is 14.5 Å². The third-order valence-electron chi connectivity index (χ3n) is 5.24. The lowest BCUT2D eigenvalue weighted by molar-refractivity contribution is -0.136. The highest BCUT2D eigenvalue weighted by Gasteiger charge is 2.29. The number of likely N-dealkylation sites (N-methyl/N-ethyl adjacent to an activating group) is 1. The molecule has 0 aromatic heterocycles. The average Bonchev–Trinajstić information content (AvgIpc) is 2.73. The van der Waals surface area contributed by atoms with Crippen molar-refractivity contribution in [3.05, 3.63) is 70.7 Å². The SMILES string of the molecule is CC(C(=O)N(C)Cc1ccccc1)N1CCN(C(=O)c2ccc(Cl)cc2)CC1. The normalized spacial score (nSPS) is 15.9. The van der Waals surface area contributed by atoms with Crippen molar-refractivity contribution in [2.45, 2.75) is 19.5 Å². The van der Waals surface area contributed by atoms with Crippen molar-refractivity contribution in [2.75, 3.05) is 33.2 Å². The number of benzene rings is 2. The molecule has 1 atom stereocenters. The third-order valence-corrected chi connectivity index (χ3v) is 5.49. The molecule has 148 valence electrons. The van der Waals surface area contributed by atoms with E-state index in [4.69, 9.17) is 11.6 Å². The number of amides is 2. The number of hydrogen-bond acceptors (Lipinski definition) is 3. The molecule has 2 aromatic rings. The summed E-state index contributed by atoms with van der Waals surface area (Å²) in [6.07, 6.45) is 0. The van der Waals surface area contributed by atoms with Gasteiger partial charge in [-0.1, -0.05) is 41.9 Å². The van der Waals surface area contributed by atoms with Gasteiger partial charge in [-0.15, -0.1) is 0 Å². The molecule has 1 heterocycles. The molecule has 0 bridgehead atoms. The summed E-state index contributed by atoms with van der Waals surface area (Å²) < 4.78 is 0. The Morgan fingerprint density at radius 2 is 1.61 bits per heavy atom. The molecule has 1 saturated heterocycles. The minimum atomic E-state index is -0.207. The fraction of sp³-hybridized carbons (Fsp3) is 0.364. The maximum absolute atomic E-state index is 12.8. The van der Waals surface area contributed by atoms with Gasteiger partial charge < -0.3 is 9.80 Å². The number of hydrogen-bond donors (Lipinski definition) is 0. The van der Waals surface area contributed by atoms with E-state index in [2.05, 4.69) is 4.90 Å². The predicted octanol–water partition coefficient (Wildman–Crippen LogP) is 3.14. The Labute approximate surface area is 171 Å². The quantitative estimate of drug-likeness (QED) is 0.775. The highest BCUT2D eigenvalue weighted by molar-refractivity contribution is 6.30. The predicted molar refractivity (Wildman–Crippen MR) is 111 cm³/mol. The summed E-state index contributed by atoms with van der Waals surface area (Å²) in [7, 11) is 1.84. The fourth-order valence-corrected chi connectivity index (χ4v) is 3.62. The topological polar surface area (TPSA) is 43.9 Å². The van der Waals surface area contributed by atoms with Crippen molar-refractivity contribution >= 4 is 23.4 Å². The van der Waals surface area contributed by atoms with Crippen LogP contribution in [-0.2, 0) is 11.3 Å². The molecule has 0 spiro atoms. The first-order chi connectivity index (χ1) is 13.5. The molecule has 1 fully saturated rings. The molecular weight excluding hydrogens is 374 g/mol. The van der Waals surface area contributed by atoms with E-state index in [1.165, 1.54) is 0 Å². The maximum atomic E-state index is 12.8. The van der Waals surface area contributed by atoms with Gasteiger partial charge in [0.15, 0.2) is 0 Å². The molecule has 6 heteroatoms. The Kier molecular flexibility index (Phi) is 6.70. The van der Waals surface area contributed by atoms with Gasteiger partial charge >= 0.3 is 0 Å². The highest BCUT2D eigenvalue weighted by atomic mass is 35.5. The van der Waals surface area contributed by atoms with E-state index in [9.17, 15) is 9.59 Å². The van der Waals surface area contributed by atoms with E-state index in [1.807, 2.05) is 49.2 Å². The molecule has 0 N–H and O–H groups in total. The number of nitrogens with zero attached hydrogens (tertiary/aromatic N) is 3. The lowest BCUT2D eigenvalue weighted by atomic mass is 10.1. The minimum absolute atomic E-state index is 0.0106. The van der Waals surface area contributed by atoms with Gasteiger partial charge in [0.25, 0.3) is 5.91 Å². The van der Waals surface area contributed by atoms with E-state index in [-0.39, 0.29) is 17.9 Å². The summed E-state index contributed by atoms with van der Waals surface area (Å²) in [6.45, 7) is 5.14. The zero-order valence-corrected chi connectivity index (χ0v) is 17.1. The summed E-state index contributed by atoms with van der Waals surface area (Å²) in [5.74, 6) is 0.109. The second-order valence-corrected chi connectivity index (χ2v) is 7.63. The zero-order chi connectivity index (χ0) is 20.1. The molecule has 0 aliphatic carbocycles. The number of carbonyl (C=O) groups is 2. The van der Waals surface area contributed by atoms with Crippen molar-refractivity contribution in [2.24, 2.45) is 0 Å². The van der Waals surface area contributed by atoms with Crippen molar-refractivity contribution in [3.8, 4) is 0 Å². The van der Waals surface area contributed by atoms with Crippen LogP contribution in [0.15, 0.2) is 54.6 Å². The minimum Gasteiger partial charge on any atom is -0.340 e. The van der Waals surface area contributed by atoms with Crippen LogP contribution in [0.2, 0.25) is 5.02 Å². The Morgan fingerprint density at radius 3 is 2.21 bits per heavy atom. The van der Waals surface area contributed by atoms with Crippen molar-refractivity contribution in [3.63, 3.8) is 0 Å². The van der Waals surface area contributed by atoms with Crippen LogP contribution in [0.25, 0.3) is 0 Å². The van der Waals surface area contributed by atoms with Gasteiger partial charge in [-0.25, -0.2) is 0 Å². The first-order valence-corrected chi connectivity index (χ1v) is 9.91. The molecule has 28 heavy (non-hydrogen) atoms. The van der Waals surface area contributed by atoms with Crippen LogP contribution in [0, 0.1) is 0 Å².